The molecule has 0 unspecified atom stereocenters. The molecule has 0 aliphatic rings. The fraction of sp³-hybridized carbons (Fsp3) is 0.500. The summed E-state index contributed by atoms with van der Waals surface area (Å²) in [6.07, 6.45) is 0. The van der Waals surface area contributed by atoms with Crippen molar-refractivity contribution in [3.8, 4) is 0 Å². The Kier molecular flexibility index (Phi) is 507. The van der Waals surface area contributed by atoms with Gasteiger partial charge in [-0.15, -0.1) is 0 Å². The van der Waals surface area contributed by atoms with Gasteiger partial charge in [0.25, 0.3) is 0 Å². The molecule has 0 saturated carbocycles. The summed E-state index contributed by atoms with van der Waals surface area (Å²) < 4.78 is 0. The van der Waals surface area contributed by atoms with Crippen LogP contribution in [0.3, 0.4) is 0 Å². The van der Waals surface area contributed by atoms with Gasteiger partial charge in [-0.25, -0.2) is 0 Å². The van der Waals surface area contributed by atoms with Gasteiger partial charge in [-0.1, -0.05) is 7.43 Å². The fourth-order valence-electron chi connectivity index (χ4n) is 0. The Morgan fingerprint density at radius 1 is 1.20 bits per heavy atom. The van der Waals surface area contributed by atoms with E-state index in [4.69, 9.17) is 0 Å². The topological polar surface area (TPSA) is 0 Å². The Hall–Kier alpha value is 1.10. The molecule has 1 radical (unpaired) electrons. The number of hydrogen-bond donors (Lipinski definition) is 0. The maximum atomic E-state index is 3.25. The van der Waals surface area contributed by atoms with Gasteiger partial charge < -0.3 is 14.4 Å². The molecule has 5 heavy (non-hydrogen) atoms. The first-order valence-electron chi connectivity index (χ1n) is 0.707. The summed E-state index contributed by atoms with van der Waals surface area (Å²) in [5.41, 5.74) is 0. The Morgan fingerprint density at radius 2 is 1.20 bits per heavy atom. The van der Waals surface area contributed by atoms with Crippen LogP contribution < -0.4 is 0 Å². The van der Waals surface area contributed by atoms with Crippen molar-refractivity contribution in [3.05, 3.63) is 14.4 Å². The minimum Gasteiger partial charge on any atom is -0.358 e. The number of rotatable bonds is 0. The number of hydrogen-bond acceptors (Lipinski definition) is 0. The molecule has 1 heteroatoms. The second kappa shape index (κ2) is 70.5. The maximum absolute atomic E-state index is 3.25. The van der Waals surface area contributed by atoms with E-state index in [-0.39, 0.29) is 47.6 Å². The largest absolute Gasteiger partial charge is 0.358 e. The van der Waals surface area contributed by atoms with Crippen molar-refractivity contribution >= 4 is 0 Å². The van der Waals surface area contributed by atoms with Crippen LogP contribution in [0.4, 0.5) is 0 Å². The molecule has 0 aromatic carbocycles. The average Bonchev–Trinajstić information content (AvgIpc) is 1.00. The van der Waals surface area contributed by atoms with Gasteiger partial charge in [0.15, 0.2) is 0 Å². The van der Waals surface area contributed by atoms with E-state index in [9.17, 15) is 0 Å². The van der Waals surface area contributed by atoms with Gasteiger partial charge >= 0.3 is 0 Å². The molecule has 0 fully saturated rings. The van der Waals surface area contributed by atoms with E-state index in [1.165, 1.54) is 0 Å². The molecule has 0 atom stereocenters. The van der Waals surface area contributed by atoms with E-state index < -0.39 is 0 Å². The third-order valence-corrected chi connectivity index (χ3v) is 0. The average molecular weight is 149 g/mol. The Balaban J connectivity index is -0.00000000167. The molecule has 0 saturated heterocycles. The van der Waals surface area contributed by atoms with Crippen LogP contribution in [0, 0.1) is 14.4 Å². The van der Waals surface area contributed by atoms with Crippen molar-refractivity contribution in [1.82, 2.24) is 0 Å². The van der Waals surface area contributed by atoms with Crippen LogP contribution in [0.1, 0.15) is 14.4 Å². The first-order valence-corrected chi connectivity index (χ1v) is 0.707. The zero-order valence-electron chi connectivity index (χ0n) is 3.28. The minimum absolute atomic E-state index is 0. The van der Waals surface area contributed by atoms with Crippen LogP contribution in [0.2, 0.25) is 0 Å². The van der Waals surface area contributed by atoms with Gasteiger partial charge in [0.2, 0.25) is 0 Å². The molecule has 0 amide bonds. The fourth-order valence-corrected chi connectivity index (χ4v) is 0. The first-order chi connectivity index (χ1) is 1.00. The molecule has 0 heterocycles. The monoisotopic (exact) mass is 149 g/mol. The Bertz CT molecular complexity index is 3.61. The summed E-state index contributed by atoms with van der Waals surface area (Å²) in [5, 5.41) is 0. The van der Waals surface area contributed by atoms with E-state index >= 15 is 0 Å². The molecule has 0 rings (SSSR count). The van der Waals surface area contributed by atoms with Gasteiger partial charge in [0.1, 0.15) is 0 Å². The Morgan fingerprint density at radius 3 is 1.20 bits per heavy atom. The predicted molar refractivity (Wildman–Crippen MR) is 24.2 cm³/mol. The van der Waals surface area contributed by atoms with Gasteiger partial charge in [0, 0.05) is 32.7 Å². The molecule has 0 nitrogen and oxygen atoms in total. The van der Waals surface area contributed by atoms with Crippen LogP contribution in [0.5, 0.6) is 0 Å². The second-order valence-electron chi connectivity index (χ2n) is 0. The smallest absolute Gasteiger partial charge is 0 e. The molecule has 33 valence electrons. The summed E-state index contributed by atoms with van der Waals surface area (Å²) in [5.74, 6) is 0. The standard InChI is InChI=1S/C2H5.CH4.CH3.Y/c1-2;;;/h1H2,2H3;1H4;1H3;/q-1;;-1;. The van der Waals surface area contributed by atoms with E-state index in [1.54, 1.807) is 6.92 Å². The summed E-state index contributed by atoms with van der Waals surface area (Å²) in [7, 11) is 0. The molecular weight excluding hydrogens is 137 g/mol. The molecule has 0 aromatic heterocycles. The normalized spacial score (nSPS) is 1.20. The molecule has 0 bridgehead atoms. The molecular formula is C4H12Y-2. The quantitative estimate of drug-likeness (QED) is 0.461. The van der Waals surface area contributed by atoms with Gasteiger partial charge in [-0.05, 0) is 0 Å². The van der Waals surface area contributed by atoms with Gasteiger partial charge in [-0.2, -0.15) is 6.92 Å². The van der Waals surface area contributed by atoms with Crippen molar-refractivity contribution in [2.24, 2.45) is 0 Å². The Labute approximate surface area is 61.2 Å². The third kappa shape index (κ3) is 40.4. The summed E-state index contributed by atoms with van der Waals surface area (Å²) in [6.45, 7) is 5.00. The molecule has 0 aliphatic heterocycles. The van der Waals surface area contributed by atoms with Gasteiger partial charge in [-0.3, -0.25) is 0 Å². The van der Waals surface area contributed by atoms with E-state index in [1.807, 2.05) is 0 Å². The summed E-state index contributed by atoms with van der Waals surface area (Å²) in [4.78, 5) is 0. The van der Waals surface area contributed by atoms with Crippen LogP contribution >= 0.6 is 0 Å². The van der Waals surface area contributed by atoms with Crippen LogP contribution in [0.15, 0.2) is 0 Å². The van der Waals surface area contributed by atoms with Crippen LogP contribution in [0.25, 0.3) is 0 Å². The first kappa shape index (κ1) is 35.9. The van der Waals surface area contributed by atoms with E-state index in [2.05, 4.69) is 6.92 Å². The van der Waals surface area contributed by atoms with Gasteiger partial charge in [0.05, 0.1) is 0 Å². The maximum Gasteiger partial charge on any atom is 0 e. The van der Waals surface area contributed by atoms with Crippen molar-refractivity contribution in [3.63, 3.8) is 0 Å². The van der Waals surface area contributed by atoms with E-state index in [0.717, 1.165) is 0 Å². The van der Waals surface area contributed by atoms with Crippen molar-refractivity contribution < 1.29 is 32.7 Å². The SMILES string of the molecule is C.[CH2-]C.[CH3-].[Y]. The van der Waals surface area contributed by atoms with Crippen molar-refractivity contribution in [1.29, 1.82) is 0 Å². The second-order valence-corrected chi connectivity index (χ2v) is 0. The molecule has 0 aliphatic carbocycles. The van der Waals surface area contributed by atoms with Crippen LogP contribution in [-0.2, 0) is 32.7 Å². The zero-order chi connectivity index (χ0) is 2.00. The molecule has 0 N–H and O–H groups in total. The third-order valence-electron chi connectivity index (χ3n) is 0. The summed E-state index contributed by atoms with van der Waals surface area (Å²) in [6, 6.07) is 0. The summed E-state index contributed by atoms with van der Waals surface area (Å²) >= 11 is 0. The zero-order valence-corrected chi connectivity index (χ0v) is 6.12. The van der Waals surface area contributed by atoms with E-state index in [0.29, 0.717) is 0 Å². The van der Waals surface area contributed by atoms with Crippen molar-refractivity contribution in [2.75, 3.05) is 0 Å². The van der Waals surface area contributed by atoms with Crippen molar-refractivity contribution in [2.45, 2.75) is 14.4 Å². The minimum atomic E-state index is 0. The molecule has 0 spiro atoms. The van der Waals surface area contributed by atoms with Crippen LogP contribution in [-0.4, -0.2) is 0 Å². The molecule has 0 aromatic rings. The predicted octanol–water partition coefficient (Wildman–Crippen LogP) is 1.92.